The van der Waals surface area contributed by atoms with Gasteiger partial charge in [0.25, 0.3) is 0 Å². The van der Waals surface area contributed by atoms with Crippen molar-refractivity contribution in [1.82, 2.24) is 0 Å². The summed E-state index contributed by atoms with van der Waals surface area (Å²) in [5.41, 5.74) is 0. The first-order chi connectivity index (χ1) is 3.57. The van der Waals surface area contributed by atoms with Crippen LogP contribution in [0.25, 0.3) is 0 Å². The highest BCUT2D eigenvalue weighted by Crippen LogP contribution is 2.45. The summed E-state index contributed by atoms with van der Waals surface area (Å²) in [4.78, 5) is 8.35. The molecule has 0 amide bonds. The zero-order chi connectivity index (χ0) is 6.36. The van der Waals surface area contributed by atoms with Crippen molar-refractivity contribution in [3.8, 4) is 0 Å². The minimum absolute atomic E-state index is 0.0517. The molecule has 1 aliphatic rings. The Morgan fingerprint density at radius 2 is 2.38 bits per heavy atom. The van der Waals surface area contributed by atoms with Gasteiger partial charge in [-0.3, -0.25) is 4.79 Å². The fourth-order valence-electron chi connectivity index (χ4n) is 0.423. The van der Waals surface area contributed by atoms with Crippen LogP contribution >= 0.6 is 11.6 Å². The van der Waals surface area contributed by atoms with Crippen LogP contribution in [-0.2, 0) is 4.79 Å². The van der Waals surface area contributed by atoms with E-state index in [-0.39, 0.29) is 6.42 Å². The molecule has 1 saturated carbocycles. The van der Waals surface area contributed by atoms with E-state index in [2.05, 4.69) is 0 Å². The van der Waals surface area contributed by atoms with Crippen molar-refractivity contribution < 1.29 is 14.3 Å². The predicted molar refractivity (Wildman–Crippen MR) is 25.7 cm³/mol. The molecule has 0 spiro atoms. The van der Waals surface area contributed by atoms with Crippen LogP contribution in [0.5, 0.6) is 0 Å². The number of carboxylic acids is 1. The van der Waals surface area contributed by atoms with Crippen LogP contribution in [0, 0.1) is 0 Å². The lowest BCUT2D eigenvalue weighted by molar-refractivity contribution is -0.137. The van der Waals surface area contributed by atoms with E-state index in [1.165, 1.54) is 0 Å². The van der Waals surface area contributed by atoms with Crippen molar-refractivity contribution in [3.63, 3.8) is 0 Å². The van der Waals surface area contributed by atoms with Gasteiger partial charge in [-0.15, -0.1) is 11.6 Å². The molecule has 8 heavy (non-hydrogen) atoms. The van der Waals surface area contributed by atoms with Crippen LogP contribution in [0.3, 0.4) is 0 Å². The highest BCUT2D eigenvalue weighted by Gasteiger charge is 2.61. The average Bonchev–Trinajstić information content (AvgIpc) is 2.17. The van der Waals surface area contributed by atoms with Gasteiger partial charge >= 0.3 is 5.97 Å². The van der Waals surface area contributed by atoms with E-state index < -0.39 is 17.0 Å². The van der Waals surface area contributed by atoms with Crippen LogP contribution in [0.1, 0.15) is 6.42 Å². The number of hydrogen-bond donors (Lipinski definition) is 1. The topological polar surface area (TPSA) is 37.3 Å². The molecule has 1 N–H and O–H groups in total. The zero-order valence-corrected chi connectivity index (χ0v) is 4.65. The van der Waals surface area contributed by atoms with Crippen molar-refractivity contribution >= 4 is 17.6 Å². The summed E-state index contributed by atoms with van der Waals surface area (Å²) in [5, 5.41) is 8.11. The van der Waals surface area contributed by atoms with Gasteiger partial charge < -0.3 is 5.11 Å². The largest absolute Gasteiger partial charge is 0.480 e. The third-order valence-electron chi connectivity index (χ3n) is 1.17. The molecule has 0 aliphatic heterocycles. The maximum Gasteiger partial charge on any atom is 0.327 e. The quantitative estimate of drug-likeness (QED) is 0.544. The van der Waals surface area contributed by atoms with Crippen molar-refractivity contribution in [2.45, 2.75) is 17.5 Å². The number of carboxylic acid groups (broad SMARTS) is 1. The van der Waals surface area contributed by atoms with E-state index in [0.29, 0.717) is 0 Å². The van der Waals surface area contributed by atoms with E-state index in [1.807, 2.05) is 0 Å². The van der Waals surface area contributed by atoms with Gasteiger partial charge in [0.2, 0.25) is 0 Å². The number of rotatable bonds is 1. The first-order valence-electron chi connectivity index (χ1n) is 2.14. The van der Waals surface area contributed by atoms with Gasteiger partial charge in [0, 0.05) is 6.42 Å². The van der Waals surface area contributed by atoms with Crippen LogP contribution < -0.4 is 0 Å². The summed E-state index contributed by atoms with van der Waals surface area (Å²) in [6, 6.07) is 0. The number of aliphatic carboxylic acids is 1. The van der Waals surface area contributed by atoms with Gasteiger partial charge in [0.15, 0.2) is 4.87 Å². The molecule has 0 saturated heterocycles. The Hall–Kier alpha value is -0.310. The molecule has 2 atom stereocenters. The van der Waals surface area contributed by atoms with Gasteiger partial charge in [-0.05, 0) is 0 Å². The Morgan fingerprint density at radius 1 is 2.00 bits per heavy atom. The summed E-state index contributed by atoms with van der Waals surface area (Å²) in [7, 11) is 0. The summed E-state index contributed by atoms with van der Waals surface area (Å²) in [5.74, 6) is -1.26. The lowest BCUT2D eigenvalue weighted by atomic mass is 10.4. The van der Waals surface area contributed by atoms with Crippen LogP contribution in [0.4, 0.5) is 4.39 Å². The van der Waals surface area contributed by atoms with Gasteiger partial charge in [-0.2, -0.15) is 0 Å². The molecule has 1 rings (SSSR count). The highest BCUT2D eigenvalue weighted by molar-refractivity contribution is 6.36. The predicted octanol–water partition coefficient (Wildman–Crippen LogP) is 0.790. The first-order valence-corrected chi connectivity index (χ1v) is 2.51. The minimum atomic E-state index is -1.57. The molecule has 4 heteroatoms. The Kier molecular flexibility index (Phi) is 0.979. The molecule has 0 aromatic heterocycles. The molecule has 0 bridgehead atoms. The molecular weight excluding hydrogens is 134 g/mol. The number of hydrogen-bond acceptors (Lipinski definition) is 1. The molecular formula is C4H4ClFO2. The molecule has 0 aromatic rings. The summed E-state index contributed by atoms with van der Waals surface area (Å²) < 4.78 is 11.9. The lowest BCUT2D eigenvalue weighted by Crippen LogP contribution is -2.17. The van der Waals surface area contributed by atoms with Crippen molar-refractivity contribution in [3.05, 3.63) is 0 Å². The van der Waals surface area contributed by atoms with Crippen LogP contribution in [0.2, 0.25) is 0 Å². The second kappa shape index (κ2) is 1.35. The third-order valence-corrected chi connectivity index (χ3v) is 1.72. The number of alkyl halides is 2. The van der Waals surface area contributed by atoms with E-state index in [9.17, 15) is 9.18 Å². The second-order valence-corrected chi connectivity index (χ2v) is 2.51. The van der Waals surface area contributed by atoms with E-state index in [0.717, 1.165) is 0 Å². The molecule has 0 radical (unpaired) electrons. The molecule has 1 aliphatic carbocycles. The summed E-state index contributed by atoms with van der Waals surface area (Å²) in [6.07, 6.45) is -1.40. The summed E-state index contributed by atoms with van der Waals surface area (Å²) >= 11 is 5.16. The number of halogens is 2. The Bertz CT molecular complexity index is 138. The van der Waals surface area contributed by atoms with Crippen LogP contribution in [0.15, 0.2) is 0 Å². The Balaban J connectivity index is 2.60. The highest BCUT2D eigenvalue weighted by atomic mass is 35.5. The molecule has 1 fully saturated rings. The average molecular weight is 139 g/mol. The molecule has 46 valence electrons. The normalized spacial score (nSPS) is 44.0. The van der Waals surface area contributed by atoms with Crippen molar-refractivity contribution in [1.29, 1.82) is 0 Å². The maximum atomic E-state index is 11.9. The Labute approximate surface area is 50.3 Å². The molecule has 2 nitrogen and oxygen atoms in total. The maximum absolute atomic E-state index is 11.9. The first kappa shape index (κ1) is 5.82. The molecule has 0 aromatic carbocycles. The third kappa shape index (κ3) is 0.580. The summed E-state index contributed by atoms with van der Waals surface area (Å²) in [6.45, 7) is 0. The minimum Gasteiger partial charge on any atom is -0.480 e. The molecule has 0 unspecified atom stereocenters. The molecule has 0 heterocycles. The van der Waals surface area contributed by atoms with Gasteiger partial charge in [0.05, 0.1) is 0 Å². The van der Waals surface area contributed by atoms with Gasteiger partial charge in [0.1, 0.15) is 6.17 Å². The fourth-order valence-corrected chi connectivity index (χ4v) is 0.559. The number of carbonyl (C=O) groups is 1. The SMILES string of the molecule is O=C(O)[C@]1(Cl)C[C@H]1F. The van der Waals surface area contributed by atoms with Crippen molar-refractivity contribution in [2.75, 3.05) is 0 Å². The fraction of sp³-hybridized carbons (Fsp3) is 0.750. The van der Waals surface area contributed by atoms with Crippen molar-refractivity contribution in [2.24, 2.45) is 0 Å². The standard InChI is InChI=1S/C4H4ClFO2/c5-4(3(7)8)1-2(4)6/h2H,1H2,(H,7,8)/t2-,4+/m1/s1. The Morgan fingerprint density at radius 3 is 2.38 bits per heavy atom. The van der Waals surface area contributed by atoms with E-state index in [1.54, 1.807) is 0 Å². The lowest BCUT2D eigenvalue weighted by Gasteiger charge is -1.93. The monoisotopic (exact) mass is 138 g/mol. The van der Waals surface area contributed by atoms with E-state index in [4.69, 9.17) is 16.7 Å². The zero-order valence-electron chi connectivity index (χ0n) is 3.90. The van der Waals surface area contributed by atoms with Gasteiger partial charge in [-0.25, -0.2) is 4.39 Å². The van der Waals surface area contributed by atoms with Gasteiger partial charge in [-0.1, -0.05) is 0 Å². The second-order valence-electron chi connectivity index (χ2n) is 1.84. The van der Waals surface area contributed by atoms with Crippen LogP contribution in [-0.4, -0.2) is 22.1 Å². The smallest absolute Gasteiger partial charge is 0.327 e. The van der Waals surface area contributed by atoms with E-state index >= 15 is 0 Å².